The largest absolute Gasteiger partial charge is 0.463 e. The fourth-order valence-corrected chi connectivity index (χ4v) is 5.71. The molecule has 0 N–H and O–H groups in total. The minimum atomic E-state index is -3.64. The fourth-order valence-electron chi connectivity index (χ4n) is 4.29. The highest BCUT2D eigenvalue weighted by molar-refractivity contribution is 7.89. The first-order chi connectivity index (χ1) is 16.8. The van der Waals surface area contributed by atoms with Gasteiger partial charge in [-0.3, -0.25) is 4.79 Å². The normalized spacial score (nSPS) is 15.3. The predicted molar refractivity (Wildman–Crippen MR) is 129 cm³/mol. The van der Waals surface area contributed by atoms with Gasteiger partial charge in [0.2, 0.25) is 10.0 Å². The molecular formula is C25H26N4O5S. The maximum atomic E-state index is 13.5. The lowest BCUT2D eigenvalue weighted by atomic mass is 10.0. The Balaban J connectivity index is 1.37. The molecule has 10 heteroatoms. The SMILES string of the molecule is Cc1noc2nc(-c3ccco3)cc(C(=O)N3CCN(S(=O)(=O)c4ccc(C(C)C)cc4)CC3)c12. The molecule has 0 bridgehead atoms. The van der Waals surface area contributed by atoms with E-state index in [0.29, 0.717) is 34.0 Å². The van der Waals surface area contributed by atoms with E-state index in [1.165, 1.54) is 10.6 Å². The molecule has 1 amide bonds. The van der Waals surface area contributed by atoms with E-state index in [1.807, 2.05) is 12.1 Å². The number of amides is 1. The Labute approximate surface area is 203 Å². The van der Waals surface area contributed by atoms with Crippen molar-refractivity contribution in [1.29, 1.82) is 0 Å². The van der Waals surface area contributed by atoms with Crippen LogP contribution in [0.4, 0.5) is 0 Å². The summed E-state index contributed by atoms with van der Waals surface area (Å²) >= 11 is 0. The summed E-state index contributed by atoms with van der Waals surface area (Å²) in [6, 6.07) is 12.2. The van der Waals surface area contributed by atoms with Crippen LogP contribution in [-0.4, -0.2) is 59.8 Å². The van der Waals surface area contributed by atoms with E-state index in [9.17, 15) is 13.2 Å². The zero-order valence-corrected chi connectivity index (χ0v) is 20.6. The van der Waals surface area contributed by atoms with Crippen LogP contribution in [0, 0.1) is 6.92 Å². The monoisotopic (exact) mass is 494 g/mol. The second-order valence-electron chi connectivity index (χ2n) is 8.90. The van der Waals surface area contributed by atoms with Gasteiger partial charge in [0.05, 0.1) is 27.8 Å². The highest BCUT2D eigenvalue weighted by Gasteiger charge is 2.32. The molecule has 9 nitrogen and oxygen atoms in total. The molecule has 0 unspecified atom stereocenters. The molecule has 4 heterocycles. The molecule has 0 aliphatic carbocycles. The summed E-state index contributed by atoms with van der Waals surface area (Å²) in [6.07, 6.45) is 1.53. The summed E-state index contributed by atoms with van der Waals surface area (Å²) in [5, 5.41) is 4.52. The van der Waals surface area contributed by atoms with Crippen LogP contribution in [0.1, 0.15) is 41.4 Å². The van der Waals surface area contributed by atoms with Crippen molar-refractivity contribution in [2.45, 2.75) is 31.6 Å². The topological polar surface area (TPSA) is 110 Å². The molecule has 1 aromatic carbocycles. The molecule has 0 atom stereocenters. The maximum Gasteiger partial charge on any atom is 0.259 e. The second kappa shape index (κ2) is 8.94. The molecule has 4 aromatic rings. The molecule has 35 heavy (non-hydrogen) atoms. The highest BCUT2D eigenvalue weighted by Crippen LogP contribution is 2.29. The van der Waals surface area contributed by atoms with Gasteiger partial charge in [-0.05, 0) is 48.7 Å². The lowest BCUT2D eigenvalue weighted by Crippen LogP contribution is -2.50. The zero-order chi connectivity index (χ0) is 24.7. The third-order valence-corrected chi connectivity index (χ3v) is 8.24. The molecule has 0 radical (unpaired) electrons. The first kappa shape index (κ1) is 23.3. The van der Waals surface area contributed by atoms with Crippen molar-refractivity contribution < 1.29 is 22.2 Å². The molecule has 1 aliphatic rings. The Morgan fingerprint density at radius 2 is 1.77 bits per heavy atom. The average molecular weight is 495 g/mol. The van der Waals surface area contributed by atoms with E-state index in [4.69, 9.17) is 8.94 Å². The van der Waals surface area contributed by atoms with Crippen molar-refractivity contribution in [3.63, 3.8) is 0 Å². The van der Waals surface area contributed by atoms with Crippen molar-refractivity contribution in [3.8, 4) is 11.5 Å². The number of sulfonamides is 1. The minimum absolute atomic E-state index is 0.210. The molecule has 0 saturated carbocycles. The van der Waals surface area contributed by atoms with Gasteiger partial charge in [-0.1, -0.05) is 31.1 Å². The third-order valence-electron chi connectivity index (χ3n) is 6.33. The molecule has 1 fully saturated rings. The number of carbonyl (C=O) groups is 1. The highest BCUT2D eigenvalue weighted by atomic mass is 32.2. The number of pyridine rings is 1. The molecule has 5 rings (SSSR count). The quantitative estimate of drug-likeness (QED) is 0.411. The van der Waals surface area contributed by atoms with Gasteiger partial charge < -0.3 is 13.8 Å². The summed E-state index contributed by atoms with van der Waals surface area (Å²) < 4.78 is 38.5. The number of hydrogen-bond donors (Lipinski definition) is 0. The van der Waals surface area contributed by atoms with Gasteiger partial charge in [0, 0.05) is 26.2 Å². The zero-order valence-electron chi connectivity index (χ0n) is 19.8. The van der Waals surface area contributed by atoms with Crippen molar-refractivity contribution in [2.75, 3.05) is 26.2 Å². The smallest absolute Gasteiger partial charge is 0.259 e. The van der Waals surface area contributed by atoms with E-state index in [0.717, 1.165) is 5.56 Å². The molecule has 182 valence electrons. The second-order valence-corrected chi connectivity index (χ2v) is 10.8. The van der Waals surface area contributed by atoms with Gasteiger partial charge in [-0.2, -0.15) is 4.31 Å². The number of hydrogen-bond acceptors (Lipinski definition) is 7. The van der Waals surface area contributed by atoms with Crippen LogP contribution in [0.5, 0.6) is 0 Å². The van der Waals surface area contributed by atoms with E-state index in [-0.39, 0.29) is 42.7 Å². The van der Waals surface area contributed by atoms with Crippen molar-refractivity contribution in [1.82, 2.24) is 19.3 Å². The molecule has 1 aliphatic heterocycles. The molecule has 3 aromatic heterocycles. The van der Waals surface area contributed by atoms with Crippen LogP contribution < -0.4 is 0 Å². The van der Waals surface area contributed by atoms with E-state index in [1.54, 1.807) is 42.2 Å². The number of furan rings is 1. The number of carbonyl (C=O) groups excluding carboxylic acids is 1. The Kier molecular flexibility index (Phi) is 5.94. The Morgan fingerprint density at radius 1 is 1.06 bits per heavy atom. The molecule has 1 saturated heterocycles. The summed E-state index contributed by atoms with van der Waals surface area (Å²) in [5.41, 5.74) is 2.77. The van der Waals surface area contributed by atoms with E-state index >= 15 is 0 Å². The fraction of sp³-hybridized carbons (Fsp3) is 0.320. The van der Waals surface area contributed by atoms with E-state index < -0.39 is 10.0 Å². The predicted octanol–water partition coefficient (Wildman–Crippen LogP) is 4.06. The lowest BCUT2D eigenvalue weighted by molar-refractivity contribution is 0.0699. The van der Waals surface area contributed by atoms with Crippen LogP contribution >= 0.6 is 0 Å². The Morgan fingerprint density at radius 3 is 2.40 bits per heavy atom. The van der Waals surface area contributed by atoms with Crippen molar-refractivity contribution >= 4 is 27.0 Å². The summed E-state index contributed by atoms with van der Waals surface area (Å²) in [5.74, 6) is 0.604. The number of rotatable bonds is 5. The number of aryl methyl sites for hydroxylation is 1. The summed E-state index contributed by atoms with van der Waals surface area (Å²) in [6.45, 7) is 6.85. The van der Waals surface area contributed by atoms with Crippen molar-refractivity contribution in [2.24, 2.45) is 0 Å². The first-order valence-corrected chi connectivity index (χ1v) is 12.9. The van der Waals surface area contributed by atoms with Gasteiger partial charge in [0.1, 0.15) is 5.69 Å². The summed E-state index contributed by atoms with van der Waals surface area (Å²) in [7, 11) is -3.64. The van der Waals surface area contributed by atoms with Gasteiger partial charge in [-0.15, -0.1) is 0 Å². The van der Waals surface area contributed by atoms with Crippen molar-refractivity contribution in [3.05, 3.63) is 65.5 Å². The number of aromatic nitrogens is 2. The van der Waals surface area contributed by atoms with Crippen LogP contribution in [0.3, 0.4) is 0 Å². The van der Waals surface area contributed by atoms with E-state index in [2.05, 4.69) is 24.0 Å². The Hall–Kier alpha value is -3.50. The van der Waals surface area contributed by atoms with Crippen LogP contribution in [0.15, 0.2) is 62.6 Å². The number of fused-ring (bicyclic) bond motifs is 1. The number of benzene rings is 1. The van der Waals surface area contributed by atoms with Gasteiger partial charge in [0.15, 0.2) is 5.76 Å². The molecule has 0 spiro atoms. The average Bonchev–Trinajstić information content (AvgIpc) is 3.54. The van der Waals surface area contributed by atoms with Crippen LogP contribution in [0.25, 0.3) is 22.6 Å². The minimum Gasteiger partial charge on any atom is -0.463 e. The number of nitrogens with zero attached hydrogens (tertiary/aromatic N) is 4. The molecular weight excluding hydrogens is 468 g/mol. The third kappa shape index (κ3) is 4.23. The van der Waals surface area contributed by atoms with Crippen LogP contribution in [0.2, 0.25) is 0 Å². The summed E-state index contributed by atoms with van der Waals surface area (Å²) in [4.78, 5) is 19.9. The van der Waals surface area contributed by atoms with Gasteiger partial charge >= 0.3 is 0 Å². The standard InChI is InChI=1S/C25H26N4O5S/c1-16(2)18-6-8-19(9-7-18)35(31,32)29-12-10-28(11-13-29)25(30)20-15-21(22-5-4-14-33-22)26-24-23(20)17(3)27-34-24/h4-9,14-16H,10-13H2,1-3H3. The van der Waals surface area contributed by atoms with Gasteiger partial charge in [-0.25, -0.2) is 13.4 Å². The van der Waals surface area contributed by atoms with Crippen LogP contribution in [-0.2, 0) is 10.0 Å². The Bertz CT molecular complexity index is 1470. The maximum absolute atomic E-state index is 13.5. The lowest BCUT2D eigenvalue weighted by Gasteiger charge is -2.34. The first-order valence-electron chi connectivity index (χ1n) is 11.5. The van der Waals surface area contributed by atoms with Gasteiger partial charge in [0.25, 0.3) is 11.6 Å². The number of piperazine rings is 1.